The number of amides is 1. The Labute approximate surface area is 253 Å². The topological polar surface area (TPSA) is 83.8 Å². The van der Waals surface area contributed by atoms with Crippen LogP contribution >= 0.6 is 12.4 Å². The van der Waals surface area contributed by atoms with Gasteiger partial charge in [-0.05, 0) is 85.3 Å². The van der Waals surface area contributed by atoms with E-state index in [1.165, 1.54) is 5.56 Å². The molecule has 1 fully saturated rings. The molecule has 8 heteroatoms. The summed E-state index contributed by atoms with van der Waals surface area (Å²) in [5.74, 6) is -0.511. The highest BCUT2D eigenvalue weighted by atomic mass is 35.5. The predicted octanol–water partition coefficient (Wildman–Crippen LogP) is 6.69. The van der Waals surface area contributed by atoms with Crippen molar-refractivity contribution in [1.82, 2.24) is 14.8 Å². The van der Waals surface area contributed by atoms with E-state index in [2.05, 4.69) is 50.4 Å². The molecule has 0 spiro atoms. The van der Waals surface area contributed by atoms with Gasteiger partial charge in [0.2, 0.25) is 0 Å². The van der Waals surface area contributed by atoms with E-state index in [1.54, 1.807) is 36.6 Å². The van der Waals surface area contributed by atoms with E-state index in [-0.39, 0.29) is 35.5 Å². The highest BCUT2D eigenvalue weighted by Gasteiger charge is 2.37. The highest BCUT2D eigenvalue weighted by molar-refractivity contribution is 5.97. The second kappa shape index (κ2) is 11.8. The minimum Gasteiger partial charge on any atom is -0.478 e. The fourth-order valence-corrected chi connectivity index (χ4v) is 5.48. The zero-order valence-corrected chi connectivity index (χ0v) is 25.9. The molecule has 0 radical (unpaired) electrons. The lowest BCUT2D eigenvalue weighted by atomic mass is 9.86. The number of hydrogen-bond acceptors (Lipinski definition) is 4. The Bertz CT molecular complexity index is 1580. The molecule has 1 saturated heterocycles. The summed E-state index contributed by atoms with van der Waals surface area (Å²) in [4.78, 5) is 27.4. The lowest BCUT2D eigenvalue weighted by molar-refractivity contribution is -0.148. The van der Waals surface area contributed by atoms with Crippen molar-refractivity contribution in [3.05, 3.63) is 84.1 Å². The third kappa shape index (κ3) is 6.18. The summed E-state index contributed by atoms with van der Waals surface area (Å²) in [6, 6.07) is 23.6. The van der Waals surface area contributed by atoms with Gasteiger partial charge in [-0.3, -0.25) is 4.79 Å². The number of nitrogens with zero attached hydrogens (tertiary/aromatic N) is 2. The number of halogens is 1. The number of carbonyl (C=O) groups is 2. The first-order valence-electron chi connectivity index (χ1n) is 14.2. The summed E-state index contributed by atoms with van der Waals surface area (Å²) in [7, 11) is 0. The van der Waals surface area contributed by atoms with Crippen LogP contribution in [0.3, 0.4) is 0 Å². The van der Waals surface area contributed by atoms with Crippen molar-refractivity contribution in [2.45, 2.75) is 58.6 Å². The van der Waals surface area contributed by atoms with E-state index in [1.807, 2.05) is 42.2 Å². The smallest absolute Gasteiger partial charge is 0.352 e. The fourth-order valence-electron chi connectivity index (χ4n) is 5.48. The van der Waals surface area contributed by atoms with Crippen LogP contribution in [0.25, 0.3) is 27.7 Å². The standard InChI is InChI=1S/C34H39N3O4.ClH/c1-22-21-35-17-18-36(22)32(40)34(5,6)41-28-14-12-27(13-15-28)37-29-16-9-24(19-25(29)20-30(37)31(38)39)23-7-10-26(11-8-23)33(2,3)4;/h7-16,19-20,22,35H,17-18,21H2,1-6H3,(H,38,39);1H. The molecule has 0 bridgehead atoms. The summed E-state index contributed by atoms with van der Waals surface area (Å²) >= 11 is 0. The quantitative estimate of drug-likeness (QED) is 0.262. The number of aromatic nitrogens is 1. The van der Waals surface area contributed by atoms with Crippen molar-refractivity contribution in [3.63, 3.8) is 0 Å². The van der Waals surface area contributed by atoms with Gasteiger partial charge in [-0.1, -0.05) is 51.1 Å². The van der Waals surface area contributed by atoms with Crippen molar-refractivity contribution in [2.24, 2.45) is 0 Å². The lowest BCUT2D eigenvalue weighted by Gasteiger charge is -2.39. The monoisotopic (exact) mass is 589 g/mol. The number of ether oxygens (including phenoxy) is 1. The van der Waals surface area contributed by atoms with Crippen molar-refractivity contribution >= 4 is 35.2 Å². The number of carbonyl (C=O) groups excluding carboxylic acids is 1. The number of piperazine rings is 1. The van der Waals surface area contributed by atoms with E-state index >= 15 is 0 Å². The minimum atomic E-state index is -1.04. The predicted molar refractivity (Wildman–Crippen MR) is 170 cm³/mol. The number of benzene rings is 3. The molecular weight excluding hydrogens is 550 g/mol. The van der Waals surface area contributed by atoms with Crippen LogP contribution in [-0.2, 0) is 10.2 Å². The van der Waals surface area contributed by atoms with Crippen LogP contribution in [-0.4, -0.2) is 57.7 Å². The van der Waals surface area contributed by atoms with Gasteiger partial charge in [0, 0.05) is 36.7 Å². The lowest BCUT2D eigenvalue weighted by Crippen LogP contribution is -2.58. The van der Waals surface area contributed by atoms with Crippen molar-refractivity contribution in [1.29, 1.82) is 0 Å². The Kier molecular flexibility index (Phi) is 8.76. The van der Waals surface area contributed by atoms with E-state index in [0.717, 1.165) is 35.1 Å². The van der Waals surface area contributed by atoms with E-state index in [9.17, 15) is 14.7 Å². The maximum Gasteiger partial charge on any atom is 0.352 e. The molecule has 1 aromatic heterocycles. The number of hydrogen-bond donors (Lipinski definition) is 2. The van der Waals surface area contributed by atoms with Gasteiger partial charge in [-0.25, -0.2) is 4.79 Å². The van der Waals surface area contributed by atoms with E-state index in [0.29, 0.717) is 18.0 Å². The summed E-state index contributed by atoms with van der Waals surface area (Å²) in [5, 5.41) is 14.2. The molecule has 1 aliphatic rings. The molecule has 0 saturated carbocycles. The van der Waals surface area contributed by atoms with Crippen LogP contribution in [0.5, 0.6) is 5.75 Å². The summed E-state index contributed by atoms with van der Waals surface area (Å²) in [6.45, 7) is 14.4. The van der Waals surface area contributed by atoms with Crippen LogP contribution in [0.1, 0.15) is 57.6 Å². The van der Waals surface area contributed by atoms with Crippen LogP contribution in [0, 0.1) is 0 Å². The molecular formula is C34H40ClN3O4. The van der Waals surface area contributed by atoms with Gasteiger partial charge in [0.1, 0.15) is 11.4 Å². The summed E-state index contributed by atoms with van der Waals surface area (Å²) < 4.78 is 7.90. The zero-order chi connectivity index (χ0) is 29.5. The Morgan fingerprint density at radius 2 is 1.55 bits per heavy atom. The van der Waals surface area contributed by atoms with Crippen LogP contribution in [0.15, 0.2) is 72.8 Å². The van der Waals surface area contributed by atoms with Gasteiger partial charge < -0.3 is 24.6 Å². The average Bonchev–Trinajstić information content (AvgIpc) is 3.32. The largest absolute Gasteiger partial charge is 0.478 e. The van der Waals surface area contributed by atoms with Crippen LogP contribution in [0.2, 0.25) is 0 Å². The summed E-state index contributed by atoms with van der Waals surface area (Å²) in [6.07, 6.45) is 0. The van der Waals surface area contributed by atoms with Gasteiger partial charge >= 0.3 is 5.97 Å². The van der Waals surface area contributed by atoms with Crippen molar-refractivity contribution in [2.75, 3.05) is 19.6 Å². The van der Waals surface area contributed by atoms with Crippen LogP contribution in [0.4, 0.5) is 0 Å². The number of rotatable bonds is 6. The Morgan fingerprint density at radius 1 is 0.905 bits per heavy atom. The first kappa shape index (κ1) is 31.1. The van der Waals surface area contributed by atoms with Crippen molar-refractivity contribution in [3.8, 4) is 22.6 Å². The fraction of sp³-hybridized carbons (Fsp3) is 0.353. The number of fused-ring (bicyclic) bond motifs is 1. The minimum absolute atomic E-state index is 0. The number of nitrogens with one attached hydrogen (secondary N) is 1. The molecule has 1 aliphatic heterocycles. The Morgan fingerprint density at radius 3 is 2.14 bits per heavy atom. The van der Waals surface area contributed by atoms with Gasteiger partial charge in [-0.15, -0.1) is 12.4 Å². The van der Waals surface area contributed by atoms with Gasteiger partial charge in [0.15, 0.2) is 5.60 Å². The molecule has 3 aromatic carbocycles. The van der Waals surface area contributed by atoms with Gasteiger partial charge in [-0.2, -0.15) is 0 Å². The molecule has 4 aromatic rings. The number of aromatic carboxylic acids is 1. The first-order chi connectivity index (χ1) is 19.3. The Balaban J connectivity index is 0.00000405. The normalized spacial score (nSPS) is 15.8. The van der Waals surface area contributed by atoms with Gasteiger partial charge in [0.25, 0.3) is 5.91 Å². The SMILES string of the molecule is CC1CNCCN1C(=O)C(C)(C)Oc1ccc(-n2c(C(=O)O)cc3cc(-c4ccc(C(C)(C)C)cc4)ccc32)cc1.Cl. The first-order valence-corrected chi connectivity index (χ1v) is 14.2. The average molecular weight is 590 g/mol. The third-order valence-corrected chi connectivity index (χ3v) is 7.85. The molecule has 42 heavy (non-hydrogen) atoms. The van der Waals surface area contributed by atoms with Crippen molar-refractivity contribution < 1.29 is 19.4 Å². The molecule has 1 atom stereocenters. The molecule has 2 N–H and O–H groups in total. The van der Waals surface area contributed by atoms with E-state index in [4.69, 9.17) is 4.74 Å². The molecule has 0 aliphatic carbocycles. The maximum atomic E-state index is 13.2. The molecule has 2 heterocycles. The second-order valence-electron chi connectivity index (χ2n) is 12.4. The van der Waals surface area contributed by atoms with Gasteiger partial charge in [0.05, 0.1) is 5.52 Å². The second-order valence-corrected chi connectivity index (χ2v) is 12.4. The molecule has 1 amide bonds. The van der Waals surface area contributed by atoms with E-state index < -0.39 is 11.6 Å². The molecule has 222 valence electrons. The Hall–Kier alpha value is -3.81. The molecule has 7 nitrogen and oxygen atoms in total. The molecule has 1 unspecified atom stereocenters. The number of carboxylic acids is 1. The molecule has 5 rings (SSSR count). The maximum absolute atomic E-state index is 13.2. The third-order valence-electron chi connectivity index (χ3n) is 7.85. The summed E-state index contributed by atoms with van der Waals surface area (Å²) in [5.41, 5.74) is 4.09. The zero-order valence-electron chi connectivity index (χ0n) is 25.1. The van der Waals surface area contributed by atoms with Crippen LogP contribution < -0.4 is 10.1 Å². The highest BCUT2D eigenvalue weighted by Crippen LogP contribution is 2.32. The number of carboxylic acid groups (broad SMARTS) is 1.